The first-order chi connectivity index (χ1) is 10.7. The molecular formula is C15H18N4O3. The van der Waals surface area contributed by atoms with E-state index >= 15 is 0 Å². The summed E-state index contributed by atoms with van der Waals surface area (Å²) >= 11 is 0. The summed E-state index contributed by atoms with van der Waals surface area (Å²) in [5, 5.41) is 0.556. The van der Waals surface area contributed by atoms with Crippen molar-refractivity contribution in [2.24, 2.45) is 0 Å². The number of hydrazine groups is 1. The Morgan fingerprint density at radius 2 is 2.27 bits per heavy atom. The minimum atomic E-state index is -0.435. The van der Waals surface area contributed by atoms with E-state index in [2.05, 4.69) is 15.8 Å². The van der Waals surface area contributed by atoms with E-state index in [0.717, 1.165) is 6.42 Å². The molecular weight excluding hydrogens is 284 g/mol. The summed E-state index contributed by atoms with van der Waals surface area (Å²) in [4.78, 5) is 28.8. The first kappa shape index (κ1) is 14.5. The van der Waals surface area contributed by atoms with Gasteiger partial charge >= 0.3 is 0 Å². The van der Waals surface area contributed by atoms with Crippen molar-refractivity contribution in [1.29, 1.82) is 0 Å². The molecule has 0 aliphatic carbocycles. The van der Waals surface area contributed by atoms with E-state index in [1.807, 2.05) is 13.0 Å². The molecule has 1 saturated heterocycles. The highest BCUT2D eigenvalue weighted by atomic mass is 16.5. The van der Waals surface area contributed by atoms with Gasteiger partial charge in [-0.3, -0.25) is 25.0 Å². The van der Waals surface area contributed by atoms with E-state index in [0.29, 0.717) is 36.4 Å². The molecule has 116 valence electrons. The number of hydrogen-bond acceptors (Lipinski definition) is 5. The number of benzene rings is 1. The van der Waals surface area contributed by atoms with Gasteiger partial charge in [-0.05, 0) is 31.9 Å². The van der Waals surface area contributed by atoms with Gasteiger partial charge in [0.15, 0.2) is 0 Å². The minimum absolute atomic E-state index is 0.137. The van der Waals surface area contributed by atoms with Gasteiger partial charge in [0, 0.05) is 13.2 Å². The Kier molecular flexibility index (Phi) is 4.06. The van der Waals surface area contributed by atoms with Crippen LogP contribution in [0.15, 0.2) is 29.1 Å². The molecule has 0 saturated carbocycles. The van der Waals surface area contributed by atoms with E-state index in [9.17, 15) is 9.59 Å². The molecule has 1 aliphatic heterocycles. The number of amides is 1. The fourth-order valence-corrected chi connectivity index (χ4v) is 2.54. The number of fused-ring (bicyclic) bond motifs is 1. The van der Waals surface area contributed by atoms with Crippen molar-refractivity contribution >= 4 is 22.8 Å². The molecule has 7 nitrogen and oxygen atoms in total. The van der Waals surface area contributed by atoms with Gasteiger partial charge in [0.05, 0.1) is 10.9 Å². The molecule has 1 fully saturated rings. The highest BCUT2D eigenvalue weighted by Gasteiger charge is 2.23. The van der Waals surface area contributed by atoms with Crippen molar-refractivity contribution in [3.8, 4) is 0 Å². The second-order valence-corrected chi connectivity index (χ2v) is 5.12. The molecule has 1 aromatic heterocycles. The van der Waals surface area contributed by atoms with E-state index in [4.69, 9.17) is 4.74 Å². The highest BCUT2D eigenvalue weighted by molar-refractivity contribution is 5.82. The van der Waals surface area contributed by atoms with Crippen molar-refractivity contribution in [3.63, 3.8) is 0 Å². The lowest BCUT2D eigenvalue weighted by Crippen LogP contribution is -2.40. The van der Waals surface area contributed by atoms with Gasteiger partial charge in [-0.25, -0.2) is 4.98 Å². The van der Waals surface area contributed by atoms with Crippen molar-refractivity contribution in [3.05, 3.63) is 34.6 Å². The summed E-state index contributed by atoms with van der Waals surface area (Å²) in [6, 6.07) is 7.13. The maximum atomic E-state index is 12.4. The van der Waals surface area contributed by atoms with Crippen LogP contribution in [0.1, 0.15) is 19.8 Å². The molecule has 1 amide bonds. The third-order valence-corrected chi connectivity index (χ3v) is 3.70. The van der Waals surface area contributed by atoms with Crippen LogP contribution in [-0.4, -0.2) is 28.2 Å². The fourth-order valence-electron chi connectivity index (χ4n) is 2.54. The van der Waals surface area contributed by atoms with Crippen molar-refractivity contribution < 1.29 is 9.53 Å². The minimum Gasteiger partial charge on any atom is -0.368 e. The zero-order valence-electron chi connectivity index (χ0n) is 12.3. The number of hydrogen-bond donors (Lipinski definition) is 2. The standard InChI is InChI=1S/C15H18N4O3/c1-2-19-14(21)10-6-3-4-7-11(10)16-15(19)18-17-13(20)12-8-5-9-22-12/h3-4,6-7,12H,2,5,8-9H2,1H3,(H,16,18)(H,17,20). The van der Waals surface area contributed by atoms with Crippen LogP contribution < -0.4 is 16.4 Å². The lowest BCUT2D eigenvalue weighted by Gasteiger charge is -2.15. The Hall–Kier alpha value is -2.41. The number of carbonyl (C=O) groups is 1. The van der Waals surface area contributed by atoms with Crippen LogP contribution in [0.25, 0.3) is 10.9 Å². The SMILES string of the molecule is CCn1c(NNC(=O)C2CCCO2)nc2ccccc2c1=O. The van der Waals surface area contributed by atoms with E-state index < -0.39 is 6.10 Å². The number of nitrogens with zero attached hydrogens (tertiary/aromatic N) is 2. The first-order valence-corrected chi connectivity index (χ1v) is 7.37. The highest BCUT2D eigenvalue weighted by Crippen LogP contribution is 2.13. The van der Waals surface area contributed by atoms with Crippen molar-refractivity contribution in [1.82, 2.24) is 15.0 Å². The Morgan fingerprint density at radius 1 is 1.45 bits per heavy atom. The zero-order valence-corrected chi connectivity index (χ0v) is 12.3. The van der Waals surface area contributed by atoms with Gasteiger partial charge in [0.1, 0.15) is 6.10 Å². The van der Waals surface area contributed by atoms with E-state index in [1.165, 1.54) is 4.57 Å². The van der Waals surface area contributed by atoms with Crippen molar-refractivity contribution in [2.75, 3.05) is 12.0 Å². The summed E-state index contributed by atoms with van der Waals surface area (Å²) in [5.41, 5.74) is 5.77. The molecule has 1 aliphatic rings. The van der Waals surface area contributed by atoms with Crippen LogP contribution in [0.4, 0.5) is 5.95 Å². The molecule has 2 heterocycles. The number of rotatable bonds is 4. The lowest BCUT2D eigenvalue weighted by molar-refractivity contribution is -0.129. The molecule has 1 unspecified atom stereocenters. The third kappa shape index (κ3) is 2.67. The molecule has 0 bridgehead atoms. The lowest BCUT2D eigenvalue weighted by atomic mass is 10.2. The second kappa shape index (κ2) is 6.15. The Bertz CT molecular complexity index is 750. The summed E-state index contributed by atoms with van der Waals surface area (Å²) in [5.74, 6) is 0.0695. The molecule has 7 heteroatoms. The van der Waals surface area contributed by atoms with Gasteiger partial charge in [0.2, 0.25) is 5.95 Å². The number of para-hydroxylation sites is 1. The van der Waals surface area contributed by atoms with E-state index in [1.54, 1.807) is 18.2 Å². The van der Waals surface area contributed by atoms with Gasteiger partial charge in [-0.2, -0.15) is 0 Å². The largest absolute Gasteiger partial charge is 0.368 e. The Balaban J connectivity index is 1.86. The number of nitrogens with one attached hydrogen (secondary N) is 2. The summed E-state index contributed by atoms with van der Waals surface area (Å²) in [7, 11) is 0. The predicted molar refractivity (Wildman–Crippen MR) is 82.4 cm³/mol. The summed E-state index contributed by atoms with van der Waals surface area (Å²) in [6.45, 7) is 2.91. The van der Waals surface area contributed by atoms with E-state index in [-0.39, 0.29) is 11.5 Å². The van der Waals surface area contributed by atoms with Gasteiger partial charge < -0.3 is 4.74 Å². The third-order valence-electron chi connectivity index (χ3n) is 3.70. The molecule has 2 N–H and O–H groups in total. The Morgan fingerprint density at radius 3 is 3.00 bits per heavy atom. The molecule has 1 aromatic carbocycles. The van der Waals surface area contributed by atoms with Crippen LogP contribution in [0.2, 0.25) is 0 Å². The molecule has 2 aromatic rings. The number of carbonyl (C=O) groups excluding carboxylic acids is 1. The molecule has 0 spiro atoms. The Labute approximate surface area is 127 Å². The maximum Gasteiger partial charge on any atom is 0.267 e. The normalized spacial score (nSPS) is 17.6. The zero-order chi connectivity index (χ0) is 15.5. The summed E-state index contributed by atoms with van der Waals surface area (Å²) in [6.07, 6.45) is 1.15. The molecule has 22 heavy (non-hydrogen) atoms. The van der Waals surface area contributed by atoms with Crippen LogP contribution in [-0.2, 0) is 16.1 Å². The van der Waals surface area contributed by atoms with Crippen LogP contribution in [0.5, 0.6) is 0 Å². The first-order valence-electron chi connectivity index (χ1n) is 7.37. The average Bonchev–Trinajstić information content (AvgIpc) is 3.07. The number of anilines is 1. The molecule has 3 rings (SSSR count). The van der Waals surface area contributed by atoms with Gasteiger partial charge in [-0.1, -0.05) is 12.1 Å². The quantitative estimate of drug-likeness (QED) is 0.824. The number of aromatic nitrogens is 2. The van der Waals surface area contributed by atoms with Crippen LogP contribution >= 0.6 is 0 Å². The summed E-state index contributed by atoms with van der Waals surface area (Å²) < 4.78 is 6.80. The predicted octanol–water partition coefficient (Wildman–Crippen LogP) is 1.04. The molecule has 0 radical (unpaired) electrons. The van der Waals surface area contributed by atoms with Crippen molar-refractivity contribution in [2.45, 2.75) is 32.4 Å². The van der Waals surface area contributed by atoms with Gasteiger partial charge in [0.25, 0.3) is 11.5 Å². The molecule has 1 atom stereocenters. The second-order valence-electron chi connectivity index (χ2n) is 5.12. The smallest absolute Gasteiger partial charge is 0.267 e. The topological polar surface area (TPSA) is 85.2 Å². The monoisotopic (exact) mass is 302 g/mol. The van der Waals surface area contributed by atoms with Crippen LogP contribution in [0, 0.1) is 0 Å². The fraction of sp³-hybridized carbons (Fsp3) is 0.400. The van der Waals surface area contributed by atoms with Gasteiger partial charge in [-0.15, -0.1) is 0 Å². The van der Waals surface area contributed by atoms with Crippen LogP contribution in [0.3, 0.4) is 0 Å². The maximum absolute atomic E-state index is 12.4. The average molecular weight is 302 g/mol. The number of ether oxygens (including phenoxy) is 1.